The molecule has 20 heavy (non-hydrogen) atoms. The monoisotopic (exact) mass is 400 g/mol. The van der Waals surface area contributed by atoms with Crippen molar-refractivity contribution in [1.29, 1.82) is 0 Å². The van der Waals surface area contributed by atoms with Crippen LogP contribution in [0.25, 0.3) is 0 Å². The third-order valence-electron chi connectivity index (χ3n) is 2.91. The Morgan fingerprint density at radius 3 is 2.45 bits per heavy atom. The zero-order valence-corrected chi connectivity index (χ0v) is 14.0. The molecule has 0 saturated heterocycles. The van der Waals surface area contributed by atoms with Crippen molar-refractivity contribution in [3.8, 4) is 5.75 Å². The first-order valence-electron chi connectivity index (χ1n) is 5.78. The zero-order valence-electron chi connectivity index (χ0n) is 10.8. The summed E-state index contributed by atoms with van der Waals surface area (Å²) in [6.07, 6.45) is 0. The molecule has 0 atom stereocenters. The molecule has 0 N–H and O–H groups in total. The molecule has 0 heterocycles. The molecule has 0 spiro atoms. The Hall–Kier alpha value is -1.20. The minimum atomic E-state index is -0.467. The van der Waals surface area contributed by atoms with Gasteiger partial charge in [-0.1, -0.05) is 15.9 Å². The van der Waals surface area contributed by atoms with Crippen molar-refractivity contribution in [2.45, 2.75) is 6.92 Å². The highest BCUT2D eigenvalue weighted by Crippen LogP contribution is 2.29. The largest absolute Gasteiger partial charge is 0.496 e. The fraction of sp³-hybridized carbons (Fsp3) is 0.133. The first-order chi connectivity index (χ1) is 9.43. The van der Waals surface area contributed by atoms with E-state index in [9.17, 15) is 9.18 Å². The van der Waals surface area contributed by atoms with Crippen LogP contribution >= 0.6 is 31.9 Å². The highest BCUT2D eigenvalue weighted by molar-refractivity contribution is 9.10. The summed E-state index contributed by atoms with van der Waals surface area (Å²) >= 11 is 6.48. The van der Waals surface area contributed by atoms with Gasteiger partial charge >= 0.3 is 0 Å². The predicted octanol–water partition coefficient (Wildman–Crippen LogP) is 4.90. The molecule has 0 aliphatic rings. The predicted molar refractivity (Wildman–Crippen MR) is 83.0 cm³/mol. The normalized spacial score (nSPS) is 10.4. The SMILES string of the molecule is COc1cc(F)c(Br)cc1C(=O)c1ccc(Br)c(C)c1. The summed E-state index contributed by atoms with van der Waals surface area (Å²) in [5.41, 5.74) is 1.81. The van der Waals surface area contributed by atoms with E-state index in [4.69, 9.17) is 4.74 Å². The van der Waals surface area contributed by atoms with Gasteiger partial charge in [-0.2, -0.15) is 0 Å². The molecule has 104 valence electrons. The highest BCUT2D eigenvalue weighted by atomic mass is 79.9. The number of halogens is 3. The van der Waals surface area contributed by atoms with E-state index in [1.165, 1.54) is 19.2 Å². The minimum absolute atomic E-state index is 0.210. The summed E-state index contributed by atoms with van der Waals surface area (Å²) in [7, 11) is 1.41. The number of rotatable bonds is 3. The highest BCUT2D eigenvalue weighted by Gasteiger charge is 2.17. The molecule has 2 aromatic rings. The van der Waals surface area contributed by atoms with Crippen LogP contribution in [0.3, 0.4) is 0 Å². The van der Waals surface area contributed by atoms with Gasteiger partial charge < -0.3 is 4.74 Å². The Kier molecular flexibility index (Phi) is 4.60. The van der Waals surface area contributed by atoms with Crippen molar-refractivity contribution in [2.75, 3.05) is 7.11 Å². The number of hydrogen-bond acceptors (Lipinski definition) is 2. The molecule has 0 bridgehead atoms. The van der Waals surface area contributed by atoms with Crippen LogP contribution in [0.5, 0.6) is 5.75 Å². The van der Waals surface area contributed by atoms with E-state index >= 15 is 0 Å². The van der Waals surface area contributed by atoms with Crippen LogP contribution in [-0.2, 0) is 0 Å². The lowest BCUT2D eigenvalue weighted by Crippen LogP contribution is -2.05. The summed E-state index contributed by atoms with van der Waals surface area (Å²) in [6, 6.07) is 7.95. The van der Waals surface area contributed by atoms with Crippen molar-refractivity contribution in [3.05, 3.63) is 61.8 Å². The van der Waals surface area contributed by atoms with Crippen LogP contribution in [-0.4, -0.2) is 12.9 Å². The maximum atomic E-state index is 13.5. The van der Waals surface area contributed by atoms with Gasteiger partial charge in [-0.25, -0.2) is 4.39 Å². The van der Waals surface area contributed by atoms with E-state index in [1.807, 2.05) is 13.0 Å². The van der Waals surface area contributed by atoms with Gasteiger partial charge in [-0.05, 0) is 52.7 Å². The molecule has 0 saturated carbocycles. The van der Waals surface area contributed by atoms with E-state index in [-0.39, 0.29) is 16.0 Å². The van der Waals surface area contributed by atoms with Gasteiger partial charge in [0.2, 0.25) is 0 Å². The van der Waals surface area contributed by atoms with Crippen LogP contribution in [0.4, 0.5) is 4.39 Å². The van der Waals surface area contributed by atoms with Crippen LogP contribution in [0.2, 0.25) is 0 Å². The lowest BCUT2D eigenvalue weighted by Gasteiger charge is -2.10. The fourth-order valence-electron chi connectivity index (χ4n) is 1.82. The fourth-order valence-corrected chi connectivity index (χ4v) is 2.41. The summed E-state index contributed by atoms with van der Waals surface area (Å²) < 4.78 is 19.7. The lowest BCUT2D eigenvalue weighted by atomic mass is 10.0. The number of aryl methyl sites for hydroxylation is 1. The molecule has 2 aromatic carbocycles. The van der Waals surface area contributed by atoms with Crippen molar-refractivity contribution < 1.29 is 13.9 Å². The van der Waals surface area contributed by atoms with Gasteiger partial charge in [0.05, 0.1) is 17.1 Å². The Balaban J connectivity index is 2.52. The van der Waals surface area contributed by atoms with Crippen molar-refractivity contribution in [2.24, 2.45) is 0 Å². The van der Waals surface area contributed by atoms with Crippen molar-refractivity contribution in [1.82, 2.24) is 0 Å². The van der Waals surface area contributed by atoms with Gasteiger partial charge in [0, 0.05) is 16.1 Å². The third kappa shape index (κ3) is 2.94. The Morgan fingerprint density at radius 1 is 1.15 bits per heavy atom. The Bertz CT molecular complexity index is 684. The molecule has 0 unspecified atom stereocenters. The van der Waals surface area contributed by atoms with E-state index < -0.39 is 5.82 Å². The van der Waals surface area contributed by atoms with Crippen LogP contribution < -0.4 is 4.74 Å². The maximum Gasteiger partial charge on any atom is 0.196 e. The second kappa shape index (κ2) is 6.06. The number of hydrogen-bond donors (Lipinski definition) is 0. The quantitative estimate of drug-likeness (QED) is 0.683. The molecule has 0 aliphatic heterocycles. The van der Waals surface area contributed by atoms with Gasteiger partial charge in [0.1, 0.15) is 11.6 Å². The van der Waals surface area contributed by atoms with E-state index in [0.717, 1.165) is 10.0 Å². The van der Waals surface area contributed by atoms with Gasteiger partial charge in [-0.15, -0.1) is 0 Å². The average molecular weight is 402 g/mol. The molecule has 0 aliphatic carbocycles. The smallest absolute Gasteiger partial charge is 0.196 e. The molecule has 2 rings (SSSR count). The number of benzene rings is 2. The summed E-state index contributed by atoms with van der Waals surface area (Å²) in [6.45, 7) is 1.90. The van der Waals surface area contributed by atoms with E-state index in [2.05, 4.69) is 31.9 Å². The van der Waals surface area contributed by atoms with Crippen molar-refractivity contribution >= 4 is 37.6 Å². The van der Waals surface area contributed by atoms with E-state index in [0.29, 0.717) is 11.1 Å². The molecule has 0 aromatic heterocycles. The maximum absolute atomic E-state index is 13.5. The minimum Gasteiger partial charge on any atom is -0.496 e. The summed E-state index contributed by atoms with van der Waals surface area (Å²) in [5, 5.41) is 0. The van der Waals surface area contributed by atoms with Crippen LogP contribution in [0, 0.1) is 12.7 Å². The number of ketones is 1. The number of ether oxygens (including phenoxy) is 1. The molecule has 2 nitrogen and oxygen atoms in total. The lowest BCUT2D eigenvalue weighted by molar-refractivity contribution is 0.103. The second-order valence-corrected chi connectivity index (χ2v) is 5.97. The van der Waals surface area contributed by atoms with Crippen LogP contribution in [0.15, 0.2) is 39.3 Å². The third-order valence-corrected chi connectivity index (χ3v) is 4.40. The van der Waals surface area contributed by atoms with Crippen molar-refractivity contribution in [3.63, 3.8) is 0 Å². The average Bonchev–Trinajstić information content (AvgIpc) is 2.43. The standard InChI is InChI=1S/C15H11Br2FO2/c1-8-5-9(3-4-11(8)16)15(19)10-6-12(17)13(18)7-14(10)20-2/h3-7H,1-2H3. The first-order valence-corrected chi connectivity index (χ1v) is 7.36. The summed E-state index contributed by atoms with van der Waals surface area (Å²) in [5.74, 6) is -0.459. The Morgan fingerprint density at radius 2 is 1.85 bits per heavy atom. The number of carbonyl (C=O) groups excluding carboxylic acids is 1. The van der Waals surface area contributed by atoms with Crippen LogP contribution in [0.1, 0.15) is 21.5 Å². The van der Waals surface area contributed by atoms with Gasteiger partial charge in [-0.3, -0.25) is 4.79 Å². The molecule has 0 radical (unpaired) electrons. The molecular weight excluding hydrogens is 391 g/mol. The molecule has 0 fully saturated rings. The zero-order chi connectivity index (χ0) is 14.9. The molecule has 5 heteroatoms. The second-order valence-electron chi connectivity index (χ2n) is 4.26. The van der Waals surface area contributed by atoms with E-state index in [1.54, 1.807) is 12.1 Å². The first kappa shape index (κ1) is 15.2. The molecular formula is C15H11Br2FO2. The van der Waals surface area contributed by atoms with Gasteiger partial charge in [0.25, 0.3) is 0 Å². The number of carbonyl (C=O) groups is 1. The van der Waals surface area contributed by atoms with Gasteiger partial charge in [0.15, 0.2) is 5.78 Å². The summed E-state index contributed by atoms with van der Waals surface area (Å²) in [4.78, 5) is 12.5. The Labute approximate surface area is 133 Å². The topological polar surface area (TPSA) is 26.3 Å². The number of methoxy groups -OCH3 is 1. The molecule has 0 amide bonds.